The Morgan fingerprint density at radius 1 is 1.71 bits per heavy atom. The van der Waals surface area contributed by atoms with Crippen molar-refractivity contribution in [1.29, 1.82) is 0 Å². The molecule has 0 bridgehead atoms. The number of carboxylic acids is 1. The molecular formula is C9H18ClNO3. The van der Waals surface area contributed by atoms with E-state index in [9.17, 15) is 4.79 Å². The van der Waals surface area contributed by atoms with E-state index in [-0.39, 0.29) is 30.3 Å². The summed E-state index contributed by atoms with van der Waals surface area (Å²) in [6, 6.07) is 0. The largest absolute Gasteiger partial charge is 0.481 e. The topological polar surface area (TPSA) is 58.6 Å². The molecule has 1 heterocycles. The van der Waals surface area contributed by atoms with E-state index in [2.05, 4.69) is 5.32 Å². The monoisotopic (exact) mass is 223 g/mol. The highest BCUT2D eigenvalue weighted by Gasteiger charge is 2.34. The average Bonchev–Trinajstić information content (AvgIpc) is 2.04. The van der Waals surface area contributed by atoms with Crippen molar-refractivity contribution in [1.82, 2.24) is 5.32 Å². The van der Waals surface area contributed by atoms with Crippen molar-refractivity contribution in [3.63, 3.8) is 0 Å². The van der Waals surface area contributed by atoms with E-state index in [0.717, 1.165) is 13.2 Å². The Balaban J connectivity index is 0.00000169. The second-order valence-electron chi connectivity index (χ2n) is 3.90. The SMILES string of the molecule is CC(CC(=O)O)C1(C)COCCN1.Cl. The van der Waals surface area contributed by atoms with Crippen LogP contribution < -0.4 is 5.32 Å². The van der Waals surface area contributed by atoms with E-state index in [4.69, 9.17) is 9.84 Å². The van der Waals surface area contributed by atoms with Crippen LogP contribution >= 0.6 is 12.4 Å². The molecule has 1 fully saturated rings. The van der Waals surface area contributed by atoms with Crippen molar-refractivity contribution in [2.45, 2.75) is 25.8 Å². The van der Waals surface area contributed by atoms with Gasteiger partial charge in [-0.05, 0) is 12.8 Å². The molecule has 0 saturated carbocycles. The van der Waals surface area contributed by atoms with E-state index in [1.165, 1.54) is 0 Å². The third-order valence-electron chi connectivity index (χ3n) is 2.75. The van der Waals surface area contributed by atoms with Crippen LogP contribution in [0, 0.1) is 5.92 Å². The van der Waals surface area contributed by atoms with Crippen LogP contribution in [0.15, 0.2) is 0 Å². The normalized spacial score (nSPS) is 29.0. The van der Waals surface area contributed by atoms with Gasteiger partial charge in [-0.3, -0.25) is 4.79 Å². The maximum atomic E-state index is 10.5. The average molecular weight is 224 g/mol. The molecule has 1 rings (SSSR count). The van der Waals surface area contributed by atoms with Crippen molar-refractivity contribution in [2.24, 2.45) is 5.92 Å². The third kappa shape index (κ3) is 3.44. The molecule has 0 aromatic rings. The summed E-state index contributed by atoms with van der Waals surface area (Å²) in [5.74, 6) is -0.661. The summed E-state index contributed by atoms with van der Waals surface area (Å²) in [6.07, 6.45) is 0.187. The van der Waals surface area contributed by atoms with Crippen molar-refractivity contribution >= 4 is 18.4 Å². The summed E-state index contributed by atoms with van der Waals surface area (Å²) in [7, 11) is 0. The number of carbonyl (C=O) groups is 1. The highest BCUT2D eigenvalue weighted by atomic mass is 35.5. The highest BCUT2D eigenvalue weighted by molar-refractivity contribution is 5.85. The second-order valence-corrected chi connectivity index (χ2v) is 3.90. The van der Waals surface area contributed by atoms with Crippen LogP contribution in [0.3, 0.4) is 0 Å². The molecule has 1 aliphatic heterocycles. The minimum absolute atomic E-state index is 0. The van der Waals surface area contributed by atoms with Crippen LogP contribution in [-0.4, -0.2) is 36.4 Å². The van der Waals surface area contributed by atoms with E-state index in [0.29, 0.717) is 6.61 Å². The van der Waals surface area contributed by atoms with Crippen molar-refractivity contribution in [2.75, 3.05) is 19.8 Å². The van der Waals surface area contributed by atoms with Gasteiger partial charge in [0.15, 0.2) is 0 Å². The molecule has 14 heavy (non-hydrogen) atoms. The fourth-order valence-electron chi connectivity index (χ4n) is 1.55. The maximum Gasteiger partial charge on any atom is 0.303 e. The van der Waals surface area contributed by atoms with Gasteiger partial charge in [0.25, 0.3) is 0 Å². The Bertz CT molecular complexity index is 192. The number of hydrogen-bond donors (Lipinski definition) is 2. The zero-order chi connectivity index (χ0) is 9.90. The standard InChI is InChI=1S/C9H17NO3.ClH/c1-7(5-8(11)12)9(2)6-13-4-3-10-9;/h7,10H,3-6H2,1-2H3,(H,11,12);1H. The predicted molar refractivity (Wildman–Crippen MR) is 55.9 cm³/mol. The van der Waals surface area contributed by atoms with Crippen molar-refractivity contribution < 1.29 is 14.6 Å². The molecule has 2 N–H and O–H groups in total. The molecule has 84 valence electrons. The van der Waals surface area contributed by atoms with Crippen molar-refractivity contribution in [3.8, 4) is 0 Å². The van der Waals surface area contributed by atoms with Crippen molar-refractivity contribution in [3.05, 3.63) is 0 Å². The minimum Gasteiger partial charge on any atom is -0.481 e. The zero-order valence-corrected chi connectivity index (χ0v) is 9.39. The first-order chi connectivity index (χ1) is 6.04. The van der Waals surface area contributed by atoms with Gasteiger partial charge in [-0.25, -0.2) is 0 Å². The van der Waals surface area contributed by atoms with Crippen LogP contribution in [0.2, 0.25) is 0 Å². The second kappa shape index (κ2) is 5.53. The third-order valence-corrected chi connectivity index (χ3v) is 2.75. The first-order valence-corrected chi connectivity index (χ1v) is 4.59. The molecule has 0 aromatic carbocycles. The Morgan fingerprint density at radius 2 is 2.36 bits per heavy atom. The van der Waals surface area contributed by atoms with E-state index >= 15 is 0 Å². The fraction of sp³-hybridized carbons (Fsp3) is 0.889. The highest BCUT2D eigenvalue weighted by Crippen LogP contribution is 2.22. The summed E-state index contributed by atoms with van der Waals surface area (Å²) in [4.78, 5) is 10.5. The molecule has 0 aromatic heterocycles. The molecule has 1 saturated heterocycles. The van der Waals surface area contributed by atoms with Crippen LogP contribution in [0.25, 0.3) is 0 Å². The molecular weight excluding hydrogens is 206 g/mol. The van der Waals surface area contributed by atoms with Gasteiger partial charge in [0.1, 0.15) is 0 Å². The lowest BCUT2D eigenvalue weighted by atomic mass is 9.84. The van der Waals surface area contributed by atoms with Gasteiger partial charge >= 0.3 is 5.97 Å². The van der Waals surface area contributed by atoms with Gasteiger partial charge in [-0.1, -0.05) is 6.92 Å². The molecule has 1 aliphatic rings. The Hall–Kier alpha value is -0.320. The number of halogens is 1. The minimum atomic E-state index is -0.749. The number of ether oxygens (including phenoxy) is 1. The van der Waals surface area contributed by atoms with Gasteiger partial charge in [0, 0.05) is 18.5 Å². The predicted octanol–water partition coefficient (Wildman–Crippen LogP) is 0.897. The lowest BCUT2D eigenvalue weighted by Crippen LogP contribution is -2.56. The molecule has 0 radical (unpaired) electrons. The van der Waals surface area contributed by atoms with E-state index < -0.39 is 5.97 Å². The Morgan fingerprint density at radius 3 is 2.79 bits per heavy atom. The number of morpholine rings is 1. The summed E-state index contributed by atoms with van der Waals surface area (Å²) >= 11 is 0. The zero-order valence-electron chi connectivity index (χ0n) is 8.58. The maximum absolute atomic E-state index is 10.5. The molecule has 5 heteroatoms. The van der Waals surface area contributed by atoms with Gasteiger partial charge in [-0.15, -0.1) is 12.4 Å². The van der Waals surface area contributed by atoms with E-state index in [1.807, 2.05) is 13.8 Å². The van der Waals surface area contributed by atoms with E-state index in [1.54, 1.807) is 0 Å². The Kier molecular flexibility index (Phi) is 5.41. The number of rotatable bonds is 3. The number of hydrogen-bond acceptors (Lipinski definition) is 3. The smallest absolute Gasteiger partial charge is 0.303 e. The summed E-state index contributed by atoms with van der Waals surface area (Å²) in [6.45, 7) is 6.08. The van der Waals surface area contributed by atoms with Crippen LogP contribution in [0.5, 0.6) is 0 Å². The molecule has 2 unspecified atom stereocenters. The fourth-order valence-corrected chi connectivity index (χ4v) is 1.55. The summed E-state index contributed by atoms with van der Waals surface area (Å²) < 4.78 is 5.33. The van der Waals surface area contributed by atoms with Gasteiger partial charge in [-0.2, -0.15) is 0 Å². The molecule has 2 atom stereocenters. The quantitative estimate of drug-likeness (QED) is 0.747. The van der Waals surface area contributed by atoms with Gasteiger partial charge < -0.3 is 15.2 Å². The van der Waals surface area contributed by atoms with Crippen LogP contribution in [0.4, 0.5) is 0 Å². The lowest BCUT2D eigenvalue weighted by Gasteiger charge is -2.39. The van der Waals surface area contributed by atoms with Gasteiger partial charge in [0.05, 0.1) is 13.2 Å². The van der Waals surface area contributed by atoms with Crippen LogP contribution in [0.1, 0.15) is 20.3 Å². The first-order valence-electron chi connectivity index (χ1n) is 4.59. The number of carboxylic acid groups (broad SMARTS) is 1. The Labute approximate surface area is 90.4 Å². The molecule has 4 nitrogen and oxygen atoms in total. The molecule has 0 amide bonds. The number of nitrogens with one attached hydrogen (secondary N) is 1. The lowest BCUT2D eigenvalue weighted by molar-refractivity contribution is -0.139. The summed E-state index contributed by atoms with van der Waals surface area (Å²) in [5, 5.41) is 12.0. The van der Waals surface area contributed by atoms with Gasteiger partial charge in [0.2, 0.25) is 0 Å². The molecule has 0 spiro atoms. The van der Waals surface area contributed by atoms with Crippen LogP contribution in [-0.2, 0) is 9.53 Å². The molecule has 0 aliphatic carbocycles. The first kappa shape index (κ1) is 13.7. The summed E-state index contributed by atoms with van der Waals surface area (Å²) in [5.41, 5.74) is -0.184. The number of aliphatic carboxylic acids is 1.